The molecule has 1 fully saturated rings. The molecule has 1 aromatic carbocycles. The van der Waals surface area contributed by atoms with Crippen molar-refractivity contribution in [3.63, 3.8) is 0 Å². The highest BCUT2D eigenvalue weighted by molar-refractivity contribution is 6.19. The van der Waals surface area contributed by atoms with Gasteiger partial charge in [0.2, 0.25) is 0 Å². The third-order valence-corrected chi connectivity index (χ3v) is 4.39. The molecule has 0 aromatic heterocycles. The predicted molar refractivity (Wildman–Crippen MR) is 79.8 cm³/mol. The van der Waals surface area contributed by atoms with E-state index >= 15 is 0 Å². The summed E-state index contributed by atoms with van der Waals surface area (Å²) in [4.78, 5) is 13.1. The van der Waals surface area contributed by atoms with E-state index in [2.05, 4.69) is 36.1 Å². The van der Waals surface area contributed by atoms with E-state index < -0.39 is 0 Å². The Morgan fingerprint density at radius 1 is 1.32 bits per heavy atom. The van der Waals surface area contributed by atoms with E-state index in [1.54, 1.807) is 0 Å². The molecule has 1 saturated heterocycles. The number of carbonyl (C=O) groups excluding carboxylic acids is 1. The molecule has 104 valence electrons. The van der Waals surface area contributed by atoms with Crippen LogP contribution >= 0.6 is 11.6 Å². The highest BCUT2D eigenvalue weighted by Gasteiger charge is 2.24. The van der Waals surface area contributed by atoms with Gasteiger partial charge in [0.05, 0.1) is 6.04 Å². The Labute approximate surface area is 120 Å². The van der Waals surface area contributed by atoms with Crippen LogP contribution in [0.15, 0.2) is 24.3 Å². The zero-order valence-corrected chi connectivity index (χ0v) is 12.3. The van der Waals surface area contributed by atoms with Gasteiger partial charge in [-0.1, -0.05) is 29.8 Å². The van der Waals surface area contributed by atoms with E-state index in [0.717, 1.165) is 44.6 Å². The SMILES string of the molecule is Cc1ccc(CC2CCN(C(C=O)CCl)CC2)cc1. The van der Waals surface area contributed by atoms with Crippen molar-refractivity contribution in [2.45, 2.75) is 32.2 Å². The molecular formula is C16H22ClNO. The first-order chi connectivity index (χ1) is 9.22. The molecule has 1 aliphatic heterocycles. The number of hydrogen-bond donors (Lipinski definition) is 0. The molecule has 0 radical (unpaired) electrons. The van der Waals surface area contributed by atoms with Crippen LogP contribution in [0.1, 0.15) is 24.0 Å². The number of aryl methyl sites for hydroxylation is 1. The highest BCUT2D eigenvalue weighted by Crippen LogP contribution is 2.23. The number of aldehydes is 1. The van der Waals surface area contributed by atoms with Crippen LogP contribution in [0.3, 0.4) is 0 Å². The molecule has 19 heavy (non-hydrogen) atoms. The van der Waals surface area contributed by atoms with Crippen molar-refractivity contribution < 1.29 is 4.79 Å². The lowest BCUT2D eigenvalue weighted by Crippen LogP contribution is -2.43. The Hall–Kier alpha value is -0.860. The van der Waals surface area contributed by atoms with Gasteiger partial charge in [-0.05, 0) is 50.8 Å². The summed E-state index contributed by atoms with van der Waals surface area (Å²) >= 11 is 5.81. The maximum atomic E-state index is 10.9. The number of piperidine rings is 1. The fourth-order valence-corrected chi connectivity index (χ4v) is 3.03. The van der Waals surface area contributed by atoms with Crippen LogP contribution in [-0.2, 0) is 11.2 Å². The molecule has 1 atom stereocenters. The van der Waals surface area contributed by atoms with Crippen LogP contribution < -0.4 is 0 Å². The quantitative estimate of drug-likeness (QED) is 0.610. The Morgan fingerprint density at radius 2 is 1.95 bits per heavy atom. The third kappa shape index (κ3) is 4.05. The smallest absolute Gasteiger partial charge is 0.138 e. The zero-order valence-electron chi connectivity index (χ0n) is 11.5. The number of halogens is 1. The number of likely N-dealkylation sites (tertiary alicyclic amines) is 1. The summed E-state index contributed by atoms with van der Waals surface area (Å²) in [5, 5.41) is 0. The Kier molecular flexibility index (Phi) is 5.41. The fraction of sp³-hybridized carbons (Fsp3) is 0.562. The summed E-state index contributed by atoms with van der Waals surface area (Å²) in [5.74, 6) is 1.15. The van der Waals surface area contributed by atoms with Crippen LogP contribution in [0.25, 0.3) is 0 Å². The summed E-state index contributed by atoms with van der Waals surface area (Å²) in [6.07, 6.45) is 4.46. The van der Waals surface area contributed by atoms with Crippen molar-refractivity contribution in [2.75, 3.05) is 19.0 Å². The van der Waals surface area contributed by atoms with Gasteiger partial charge in [0.25, 0.3) is 0 Å². The second-order valence-electron chi connectivity index (χ2n) is 5.53. The predicted octanol–water partition coefficient (Wildman–Crippen LogP) is 3.06. The summed E-state index contributed by atoms with van der Waals surface area (Å²) in [6.45, 7) is 4.10. The van der Waals surface area contributed by atoms with Crippen molar-refractivity contribution in [1.82, 2.24) is 4.90 Å². The molecule has 0 N–H and O–H groups in total. The number of rotatable bonds is 5. The molecule has 0 spiro atoms. The molecule has 0 amide bonds. The van der Waals surface area contributed by atoms with Gasteiger partial charge in [-0.25, -0.2) is 0 Å². The number of hydrogen-bond acceptors (Lipinski definition) is 2. The number of benzene rings is 1. The second kappa shape index (κ2) is 7.06. The molecule has 0 bridgehead atoms. The Balaban J connectivity index is 1.83. The van der Waals surface area contributed by atoms with Gasteiger partial charge >= 0.3 is 0 Å². The lowest BCUT2D eigenvalue weighted by molar-refractivity contribution is -0.112. The number of carbonyl (C=O) groups is 1. The molecular weight excluding hydrogens is 258 g/mol. The normalized spacial score (nSPS) is 19.3. The van der Waals surface area contributed by atoms with Crippen LogP contribution in [0, 0.1) is 12.8 Å². The van der Waals surface area contributed by atoms with Crippen LogP contribution in [-0.4, -0.2) is 36.2 Å². The molecule has 1 aromatic rings. The number of alkyl halides is 1. The lowest BCUT2D eigenvalue weighted by Gasteiger charge is -2.34. The Bertz CT molecular complexity index is 396. The molecule has 2 nitrogen and oxygen atoms in total. The van der Waals surface area contributed by atoms with E-state index in [0.29, 0.717) is 5.88 Å². The third-order valence-electron chi connectivity index (χ3n) is 4.08. The van der Waals surface area contributed by atoms with Crippen molar-refractivity contribution in [3.8, 4) is 0 Å². The van der Waals surface area contributed by atoms with Gasteiger partial charge in [0.15, 0.2) is 0 Å². The molecule has 0 aliphatic carbocycles. The lowest BCUT2D eigenvalue weighted by atomic mass is 9.89. The largest absolute Gasteiger partial charge is 0.302 e. The zero-order chi connectivity index (χ0) is 13.7. The maximum absolute atomic E-state index is 10.9. The maximum Gasteiger partial charge on any atom is 0.138 e. The first kappa shape index (κ1) is 14.5. The van der Waals surface area contributed by atoms with E-state index in [1.165, 1.54) is 11.1 Å². The Morgan fingerprint density at radius 3 is 2.47 bits per heavy atom. The molecule has 1 unspecified atom stereocenters. The summed E-state index contributed by atoms with van der Waals surface area (Å²) in [6, 6.07) is 8.73. The monoisotopic (exact) mass is 279 g/mol. The van der Waals surface area contributed by atoms with Crippen LogP contribution in [0.4, 0.5) is 0 Å². The van der Waals surface area contributed by atoms with E-state index in [9.17, 15) is 4.79 Å². The minimum absolute atomic E-state index is 0.0954. The minimum Gasteiger partial charge on any atom is -0.302 e. The highest BCUT2D eigenvalue weighted by atomic mass is 35.5. The molecule has 0 saturated carbocycles. The van der Waals surface area contributed by atoms with Gasteiger partial charge < -0.3 is 4.79 Å². The molecule has 1 heterocycles. The van der Waals surface area contributed by atoms with Crippen molar-refractivity contribution in [1.29, 1.82) is 0 Å². The van der Waals surface area contributed by atoms with Gasteiger partial charge in [0, 0.05) is 5.88 Å². The fourth-order valence-electron chi connectivity index (χ4n) is 2.77. The summed E-state index contributed by atoms with van der Waals surface area (Å²) in [5.41, 5.74) is 2.74. The standard InChI is InChI=1S/C16H22ClNO/c1-13-2-4-14(5-3-13)10-15-6-8-18(9-7-15)16(11-17)12-19/h2-5,12,15-16H,6-11H2,1H3. The molecule has 1 aliphatic rings. The summed E-state index contributed by atoms with van der Waals surface area (Å²) in [7, 11) is 0. The first-order valence-corrected chi connectivity index (χ1v) is 7.57. The molecule has 3 heteroatoms. The van der Waals surface area contributed by atoms with E-state index in [1.807, 2.05) is 0 Å². The topological polar surface area (TPSA) is 20.3 Å². The van der Waals surface area contributed by atoms with Gasteiger partial charge in [0.1, 0.15) is 6.29 Å². The second-order valence-corrected chi connectivity index (χ2v) is 5.84. The van der Waals surface area contributed by atoms with Crippen molar-refractivity contribution >= 4 is 17.9 Å². The first-order valence-electron chi connectivity index (χ1n) is 7.03. The van der Waals surface area contributed by atoms with E-state index in [4.69, 9.17) is 11.6 Å². The van der Waals surface area contributed by atoms with Gasteiger partial charge in [-0.3, -0.25) is 4.90 Å². The van der Waals surface area contributed by atoms with Crippen molar-refractivity contribution in [2.24, 2.45) is 5.92 Å². The van der Waals surface area contributed by atoms with Crippen molar-refractivity contribution in [3.05, 3.63) is 35.4 Å². The summed E-state index contributed by atoms with van der Waals surface area (Å²) < 4.78 is 0. The van der Waals surface area contributed by atoms with E-state index in [-0.39, 0.29) is 6.04 Å². The average Bonchev–Trinajstić information content (AvgIpc) is 2.44. The average molecular weight is 280 g/mol. The van der Waals surface area contributed by atoms with Gasteiger partial charge in [-0.15, -0.1) is 11.6 Å². The van der Waals surface area contributed by atoms with Crippen LogP contribution in [0.5, 0.6) is 0 Å². The van der Waals surface area contributed by atoms with Crippen LogP contribution in [0.2, 0.25) is 0 Å². The number of nitrogens with zero attached hydrogens (tertiary/aromatic N) is 1. The van der Waals surface area contributed by atoms with Gasteiger partial charge in [-0.2, -0.15) is 0 Å². The molecule has 2 rings (SSSR count). The minimum atomic E-state index is -0.0954.